The maximum atomic E-state index is 11.2. The highest BCUT2D eigenvalue weighted by molar-refractivity contribution is 5.77. The van der Waals surface area contributed by atoms with Crippen molar-refractivity contribution in [1.29, 1.82) is 0 Å². The van der Waals surface area contributed by atoms with Crippen LogP contribution in [0.2, 0.25) is 0 Å². The molecule has 2 atom stereocenters. The van der Waals surface area contributed by atoms with E-state index in [9.17, 15) is 9.90 Å². The second-order valence-electron chi connectivity index (χ2n) is 3.80. The van der Waals surface area contributed by atoms with Crippen LogP contribution in [0.3, 0.4) is 0 Å². The number of aliphatic carboxylic acids is 1. The van der Waals surface area contributed by atoms with Crippen LogP contribution in [0.25, 0.3) is 0 Å². The lowest BCUT2D eigenvalue weighted by Gasteiger charge is -2.30. The lowest BCUT2D eigenvalue weighted by molar-refractivity contribution is -0.168. The first-order valence-electron chi connectivity index (χ1n) is 5.39. The predicted molar refractivity (Wildman–Crippen MR) is 56.4 cm³/mol. The molecule has 3 heteroatoms. The lowest BCUT2D eigenvalue weighted by Crippen LogP contribution is -2.42. The fraction of sp³-hybridized carbons (Fsp3) is 0.909. The number of hydrogen-bond acceptors (Lipinski definition) is 2. The molecule has 0 aliphatic heterocycles. The van der Waals surface area contributed by atoms with E-state index in [4.69, 9.17) is 4.74 Å². The first kappa shape index (κ1) is 13.4. The third kappa shape index (κ3) is 3.29. The van der Waals surface area contributed by atoms with Crippen molar-refractivity contribution >= 4 is 5.97 Å². The summed E-state index contributed by atoms with van der Waals surface area (Å²) in [6, 6.07) is 0. The fourth-order valence-corrected chi connectivity index (χ4v) is 1.59. The Bertz CT molecular complexity index is 179. The van der Waals surface area contributed by atoms with Gasteiger partial charge in [-0.25, -0.2) is 4.79 Å². The molecule has 2 unspecified atom stereocenters. The van der Waals surface area contributed by atoms with Crippen LogP contribution in [-0.2, 0) is 9.53 Å². The Morgan fingerprint density at radius 3 is 2.29 bits per heavy atom. The average Bonchev–Trinajstić information content (AvgIpc) is 2.16. The summed E-state index contributed by atoms with van der Waals surface area (Å²) < 4.78 is 5.41. The average molecular weight is 202 g/mol. The summed E-state index contributed by atoms with van der Waals surface area (Å²) in [7, 11) is 0. The summed E-state index contributed by atoms with van der Waals surface area (Å²) >= 11 is 0. The minimum absolute atomic E-state index is 0.387. The number of carboxylic acids is 1. The molecule has 0 aromatic heterocycles. The van der Waals surface area contributed by atoms with Crippen molar-refractivity contribution in [3.05, 3.63) is 0 Å². The van der Waals surface area contributed by atoms with Gasteiger partial charge >= 0.3 is 5.97 Å². The standard InChI is InChI=1S/C11H22O3/c1-5-9(4)8-11(6-2,10(12)13)14-7-3/h9H,5-8H2,1-4H3,(H,12,13). The summed E-state index contributed by atoms with van der Waals surface area (Å²) in [6.45, 7) is 8.29. The molecule has 84 valence electrons. The van der Waals surface area contributed by atoms with Gasteiger partial charge in [-0.05, 0) is 25.7 Å². The van der Waals surface area contributed by atoms with Crippen LogP contribution in [0.4, 0.5) is 0 Å². The Kier molecular flexibility index (Phi) is 5.77. The summed E-state index contributed by atoms with van der Waals surface area (Å²) in [5.74, 6) is -0.445. The molecule has 0 aromatic rings. The molecule has 0 fully saturated rings. The third-order valence-electron chi connectivity index (χ3n) is 2.76. The zero-order chi connectivity index (χ0) is 11.2. The van der Waals surface area contributed by atoms with Crippen molar-refractivity contribution in [2.45, 2.75) is 52.6 Å². The van der Waals surface area contributed by atoms with Gasteiger partial charge in [0.1, 0.15) is 0 Å². The van der Waals surface area contributed by atoms with Gasteiger partial charge in [0, 0.05) is 6.61 Å². The van der Waals surface area contributed by atoms with E-state index in [-0.39, 0.29) is 0 Å². The molecule has 3 nitrogen and oxygen atoms in total. The Hall–Kier alpha value is -0.570. The van der Waals surface area contributed by atoms with Crippen molar-refractivity contribution in [3.63, 3.8) is 0 Å². The molecule has 1 N–H and O–H groups in total. The maximum absolute atomic E-state index is 11.2. The van der Waals surface area contributed by atoms with Crippen LogP contribution < -0.4 is 0 Å². The van der Waals surface area contributed by atoms with Gasteiger partial charge in [0.2, 0.25) is 0 Å². The van der Waals surface area contributed by atoms with E-state index in [0.29, 0.717) is 25.4 Å². The molecule has 0 rings (SSSR count). The Morgan fingerprint density at radius 1 is 1.43 bits per heavy atom. The van der Waals surface area contributed by atoms with Crippen molar-refractivity contribution in [1.82, 2.24) is 0 Å². The summed E-state index contributed by atoms with van der Waals surface area (Å²) in [4.78, 5) is 11.2. The van der Waals surface area contributed by atoms with Crippen LogP contribution in [0.15, 0.2) is 0 Å². The Labute approximate surface area is 86.5 Å². The van der Waals surface area contributed by atoms with Gasteiger partial charge in [0.15, 0.2) is 5.60 Å². The molecule has 0 radical (unpaired) electrons. The van der Waals surface area contributed by atoms with Gasteiger partial charge in [-0.3, -0.25) is 0 Å². The normalized spacial score (nSPS) is 17.4. The van der Waals surface area contributed by atoms with Crippen molar-refractivity contribution < 1.29 is 14.6 Å². The monoisotopic (exact) mass is 202 g/mol. The number of ether oxygens (including phenoxy) is 1. The number of rotatable bonds is 7. The number of carbonyl (C=O) groups is 1. The van der Waals surface area contributed by atoms with Gasteiger partial charge in [0.25, 0.3) is 0 Å². The first-order valence-corrected chi connectivity index (χ1v) is 5.39. The quantitative estimate of drug-likeness (QED) is 0.690. The molecular formula is C11H22O3. The second-order valence-corrected chi connectivity index (χ2v) is 3.80. The molecule has 0 amide bonds. The molecule has 0 heterocycles. The molecule has 0 bridgehead atoms. The Balaban J connectivity index is 4.57. The number of carboxylic acid groups (broad SMARTS) is 1. The Morgan fingerprint density at radius 2 is 2.00 bits per heavy atom. The van der Waals surface area contributed by atoms with E-state index in [1.165, 1.54) is 0 Å². The molecule has 0 saturated carbocycles. The van der Waals surface area contributed by atoms with Crippen LogP contribution in [0.5, 0.6) is 0 Å². The number of hydrogen-bond donors (Lipinski definition) is 1. The molecule has 0 spiro atoms. The van der Waals surface area contributed by atoms with Gasteiger partial charge in [-0.1, -0.05) is 27.2 Å². The fourth-order valence-electron chi connectivity index (χ4n) is 1.59. The van der Waals surface area contributed by atoms with Crippen LogP contribution in [-0.4, -0.2) is 23.3 Å². The highest BCUT2D eigenvalue weighted by Crippen LogP contribution is 2.27. The van der Waals surface area contributed by atoms with Crippen LogP contribution in [0.1, 0.15) is 47.0 Å². The topological polar surface area (TPSA) is 46.5 Å². The summed E-state index contributed by atoms with van der Waals surface area (Å²) in [5, 5.41) is 9.17. The van der Waals surface area contributed by atoms with E-state index in [1.54, 1.807) is 0 Å². The predicted octanol–water partition coefficient (Wildman–Crippen LogP) is 2.69. The highest BCUT2D eigenvalue weighted by Gasteiger charge is 2.38. The van der Waals surface area contributed by atoms with E-state index in [1.807, 2.05) is 13.8 Å². The van der Waals surface area contributed by atoms with Gasteiger partial charge in [0.05, 0.1) is 0 Å². The third-order valence-corrected chi connectivity index (χ3v) is 2.76. The minimum atomic E-state index is -0.968. The van der Waals surface area contributed by atoms with E-state index >= 15 is 0 Å². The largest absolute Gasteiger partial charge is 0.479 e. The molecule has 0 saturated heterocycles. The zero-order valence-corrected chi connectivity index (χ0v) is 9.67. The van der Waals surface area contributed by atoms with Crippen LogP contribution in [0, 0.1) is 5.92 Å². The first-order chi connectivity index (χ1) is 6.52. The summed E-state index contributed by atoms with van der Waals surface area (Å²) in [5.41, 5.74) is -0.968. The molecule has 14 heavy (non-hydrogen) atoms. The maximum Gasteiger partial charge on any atom is 0.335 e. The van der Waals surface area contributed by atoms with Crippen molar-refractivity contribution in [2.75, 3.05) is 6.61 Å². The van der Waals surface area contributed by atoms with E-state index in [0.717, 1.165) is 6.42 Å². The molecule has 0 aliphatic carbocycles. The lowest BCUT2D eigenvalue weighted by atomic mass is 9.87. The van der Waals surface area contributed by atoms with E-state index < -0.39 is 11.6 Å². The smallest absolute Gasteiger partial charge is 0.335 e. The van der Waals surface area contributed by atoms with Gasteiger partial charge in [-0.2, -0.15) is 0 Å². The zero-order valence-electron chi connectivity index (χ0n) is 9.67. The van der Waals surface area contributed by atoms with Gasteiger partial charge in [-0.15, -0.1) is 0 Å². The minimum Gasteiger partial charge on any atom is -0.479 e. The van der Waals surface area contributed by atoms with Crippen LogP contribution >= 0.6 is 0 Å². The molecular weight excluding hydrogens is 180 g/mol. The highest BCUT2D eigenvalue weighted by atomic mass is 16.5. The van der Waals surface area contributed by atoms with Gasteiger partial charge < -0.3 is 9.84 Å². The molecule has 0 aliphatic rings. The van der Waals surface area contributed by atoms with Crippen molar-refractivity contribution in [3.8, 4) is 0 Å². The summed E-state index contributed by atoms with van der Waals surface area (Å²) in [6.07, 6.45) is 2.12. The SMILES string of the molecule is CCOC(CC)(CC(C)CC)C(=O)O. The second kappa shape index (κ2) is 6.02. The molecule has 0 aromatic carbocycles. The van der Waals surface area contributed by atoms with E-state index in [2.05, 4.69) is 13.8 Å². The van der Waals surface area contributed by atoms with Crippen molar-refractivity contribution in [2.24, 2.45) is 5.92 Å².